The number of benzene rings is 2. The van der Waals surface area contributed by atoms with Gasteiger partial charge in [0.25, 0.3) is 0 Å². The van der Waals surface area contributed by atoms with Gasteiger partial charge >= 0.3 is 0 Å². The zero-order valence-electron chi connectivity index (χ0n) is 10.6. The third kappa shape index (κ3) is 2.97. The van der Waals surface area contributed by atoms with Crippen molar-refractivity contribution in [3.05, 3.63) is 69.5 Å². The first-order chi connectivity index (χ1) is 9.40. The van der Waals surface area contributed by atoms with Crippen molar-refractivity contribution in [2.45, 2.75) is 19.4 Å². The van der Waals surface area contributed by atoms with Crippen LogP contribution in [0.4, 0.5) is 13.2 Å². The van der Waals surface area contributed by atoms with Gasteiger partial charge in [-0.3, -0.25) is 0 Å². The molecule has 0 bridgehead atoms. The van der Waals surface area contributed by atoms with Crippen molar-refractivity contribution in [2.75, 3.05) is 0 Å². The molecule has 0 spiro atoms. The summed E-state index contributed by atoms with van der Waals surface area (Å²) < 4.78 is 40.1. The van der Waals surface area contributed by atoms with E-state index in [9.17, 15) is 18.3 Å². The SMILES string of the molecule is Cc1cc(C(O)Cc2cccc(F)c2Cl)c(F)cc1F. The van der Waals surface area contributed by atoms with Crippen LogP contribution in [-0.2, 0) is 6.42 Å². The molecule has 5 heteroatoms. The van der Waals surface area contributed by atoms with E-state index in [-0.39, 0.29) is 22.6 Å². The third-order valence-electron chi connectivity index (χ3n) is 3.08. The Kier molecular flexibility index (Phi) is 4.35. The highest BCUT2D eigenvalue weighted by Crippen LogP contribution is 2.28. The van der Waals surface area contributed by atoms with E-state index in [4.69, 9.17) is 11.6 Å². The Hall–Kier alpha value is -1.52. The lowest BCUT2D eigenvalue weighted by atomic mass is 9.99. The van der Waals surface area contributed by atoms with Crippen LogP contribution in [0.25, 0.3) is 0 Å². The van der Waals surface area contributed by atoms with Gasteiger partial charge in [-0.25, -0.2) is 13.2 Å². The second kappa shape index (κ2) is 5.85. The Balaban J connectivity index is 2.31. The Morgan fingerprint density at radius 3 is 2.50 bits per heavy atom. The topological polar surface area (TPSA) is 20.2 Å². The summed E-state index contributed by atoms with van der Waals surface area (Å²) in [5, 5.41) is 9.94. The minimum atomic E-state index is -1.23. The molecule has 0 amide bonds. The minimum absolute atomic E-state index is 0.0378. The standard InChI is InChI=1S/C15H12ClF3O/c1-8-5-10(13(19)7-12(8)18)14(20)6-9-3-2-4-11(17)15(9)16/h2-5,7,14,20H,6H2,1H3. The van der Waals surface area contributed by atoms with E-state index in [0.29, 0.717) is 5.56 Å². The lowest BCUT2D eigenvalue weighted by molar-refractivity contribution is 0.173. The van der Waals surface area contributed by atoms with Crippen molar-refractivity contribution < 1.29 is 18.3 Å². The van der Waals surface area contributed by atoms with Crippen LogP contribution in [0.2, 0.25) is 5.02 Å². The Morgan fingerprint density at radius 2 is 1.80 bits per heavy atom. The highest BCUT2D eigenvalue weighted by Gasteiger charge is 2.18. The molecule has 2 aromatic carbocycles. The predicted octanol–water partition coefficient (Wildman–Crippen LogP) is 4.34. The highest BCUT2D eigenvalue weighted by atomic mass is 35.5. The molecule has 2 aromatic rings. The van der Waals surface area contributed by atoms with Crippen LogP contribution < -0.4 is 0 Å². The highest BCUT2D eigenvalue weighted by molar-refractivity contribution is 6.31. The summed E-state index contributed by atoms with van der Waals surface area (Å²) in [4.78, 5) is 0. The molecule has 0 saturated carbocycles. The molecule has 0 aromatic heterocycles. The quantitative estimate of drug-likeness (QED) is 0.894. The molecular formula is C15H12ClF3O. The van der Waals surface area contributed by atoms with Gasteiger partial charge in [0.2, 0.25) is 0 Å². The summed E-state index contributed by atoms with van der Waals surface area (Å²) in [5.41, 5.74) is 0.551. The van der Waals surface area contributed by atoms with Gasteiger partial charge in [0.15, 0.2) is 0 Å². The first-order valence-corrected chi connectivity index (χ1v) is 6.34. The van der Waals surface area contributed by atoms with Crippen molar-refractivity contribution in [1.29, 1.82) is 0 Å². The van der Waals surface area contributed by atoms with Crippen molar-refractivity contribution in [3.8, 4) is 0 Å². The van der Waals surface area contributed by atoms with E-state index in [1.54, 1.807) is 6.07 Å². The van der Waals surface area contributed by atoms with Crippen LogP contribution in [0, 0.1) is 24.4 Å². The molecule has 1 atom stereocenters. The van der Waals surface area contributed by atoms with Gasteiger partial charge in [0.1, 0.15) is 17.5 Å². The molecule has 0 aliphatic carbocycles. The second-order valence-electron chi connectivity index (χ2n) is 4.56. The van der Waals surface area contributed by atoms with Gasteiger partial charge in [-0.1, -0.05) is 23.7 Å². The zero-order valence-corrected chi connectivity index (χ0v) is 11.4. The minimum Gasteiger partial charge on any atom is -0.388 e. The average molecular weight is 301 g/mol. The van der Waals surface area contributed by atoms with Crippen LogP contribution in [0.15, 0.2) is 30.3 Å². The Morgan fingerprint density at radius 1 is 1.10 bits per heavy atom. The Bertz CT molecular complexity index is 643. The van der Waals surface area contributed by atoms with Gasteiger partial charge in [0.05, 0.1) is 11.1 Å². The largest absolute Gasteiger partial charge is 0.388 e. The second-order valence-corrected chi connectivity index (χ2v) is 4.93. The number of rotatable bonds is 3. The van der Waals surface area contributed by atoms with Crippen LogP contribution in [0.5, 0.6) is 0 Å². The molecular weight excluding hydrogens is 289 g/mol. The maximum absolute atomic E-state index is 13.7. The first-order valence-electron chi connectivity index (χ1n) is 5.96. The Labute approximate surface area is 119 Å². The smallest absolute Gasteiger partial charge is 0.142 e. The number of hydrogen-bond donors (Lipinski definition) is 1. The molecule has 106 valence electrons. The summed E-state index contributed by atoms with van der Waals surface area (Å²) in [6.45, 7) is 1.47. The fraction of sp³-hybridized carbons (Fsp3) is 0.200. The van der Waals surface area contributed by atoms with Crippen molar-refractivity contribution in [1.82, 2.24) is 0 Å². The van der Waals surface area contributed by atoms with E-state index in [1.165, 1.54) is 25.1 Å². The van der Waals surface area contributed by atoms with E-state index in [1.807, 2.05) is 0 Å². The predicted molar refractivity (Wildman–Crippen MR) is 71.2 cm³/mol. The molecule has 0 aliphatic rings. The number of hydrogen-bond acceptors (Lipinski definition) is 1. The summed E-state index contributed by atoms with van der Waals surface area (Å²) in [7, 11) is 0. The molecule has 1 nitrogen and oxygen atoms in total. The molecule has 0 radical (unpaired) electrons. The van der Waals surface area contributed by atoms with Gasteiger partial charge in [0, 0.05) is 18.1 Å². The van der Waals surface area contributed by atoms with Crippen LogP contribution in [0.3, 0.4) is 0 Å². The summed E-state index contributed by atoms with van der Waals surface area (Å²) in [6.07, 6.45) is -1.29. The van der Waals surface area contributed by atoms with Crippen LogP contribution >= 0.6 is 11.6 Å². The van der Waals surface area contributed by atoms with Gasteiger partial charge in [-0.05, 0) is 30.2 Å². The van der Waals surface area contributed by atoms with Crippen molar-refractivity contribution in [2.24, 2.45) is 0 Å². The molecule has 1 N–H and O–H groups in total. The summed E-state index contributed by atoms with van der Waals surface area (Å²) in [5.74, 6) is -2.12. The fourth-order valence-corrected chi connectivity index (χ4v) is 2.16. The number of aliphatic hydroxyl groups is 1. The average Bonchev–Trinajstić information content (AvgIpc) is 2.39. The summed E-state index contributed by atoms with van der Waals surface area (Å²) >= 11 is 5.78. The van der Waals surface area contributed by atoms with E-state index < -0.39 is 23.6 Å². The molecule has 0 saturated heterocycles. The maximum Gasteiger partial charge on any atom is 0.142 e. The van der Waals surface area contributed by atoms with E-state index in [2.05, 4.69) is 0 Å². The van der Waals surface area contributed by atoms with Gasteiger partial charge in [-0.2, -0.15) is 0 Å². The lowest BCUT2D eigenvalue weighted by Crippen LogP contribution is -2.06. The molecule has 0 fully saturated rings. The summed E-state index contributed by atoms with van der Waals surface area (Å²) in [6, 6.07) is 6.16. The van der Waals surface area contributed by atoms with Gasteiger partial charge in [-0.15, -0.1) is 0 Å². The number of aliphatic hydroxyl groups excluding tert-OH is 1. The molecule has 1 unspecified atom stereocenters. The first kappa shape index (κ1) is 14.9. The monoisotopic (exact) mass is 300 g/mol. The normalized spacial score (nSPS) is 12.5. The molecule has 20 heavy (non-hydrogen) atoms. The molecule has 2 rings (SSSR count). The van der Waals surface area contributed by atoms with Crippen LogP contribution in [-0.4, -0.2) is 5.11 Å². The fourth-order valence-electron chi connectivity index (χ4n) is 1.96. The maximum atomic E-state index is 13.7. The van der Waals surface area contributed by atoms with Gasteiger partial charge < -0.3 is 5.11 Å². The molecule has 0 heterocycles. The van der Waals surface area contributed by atoms with E-state index in [0.717, 1.165) is 6.07 Å². The molecule has 0 aliphatic heterocycles. The van der Waals surface area contributed by atoms with Crippen LogP contribution in [0.1, 0.15) is 22.8 Å². The number of aryl methyl sites for hydroxylation is 1. The zero-order chi connectivity index (χ0) is 14.9. The lowest BCUT2D eigenvalue weighted by Gasteiger charge is -2.14. The van der Waals surface area contributed by atoms with Crippen molar-refractivity contribution >= 4 is 11.6 Å². The number of halogens is 4. The third-order valence-corrected chi connectivity index (χ3v) is 3.51. The van der Waals surface area contributed by atoms with E-state index >= 15 is 0 Å². The van der Waals surface area contributed by atoms with Crippen molar-refractivity contribution in [3.63, 3.8) is 0 Å².